The van der Waals surface area contributed by atoms with Crippen molar-refractivity contribution in [2.24, 2.45) is 0 Å². The Balaban J connectivity index is 1.48. The van der Waals surface area contributed by atoms with E-state index in [4.69, 9.17) is 16.3 Å². The Kier molecular flexibility index (Phi) is 7.68. The van der Waals surface area contributed by atoms with Gasteiger partial charge in [-0.05, 0) is 80.6 Å². The molecule has 1 aliphatic rings. The SMILES string of the molecule is CCOC(=O)c1ccc(N2C(=O)C(Cl)=C(Nc3cccc(C(=O)Nc4ccc(C(C)=O)cc4)c3)C2=O)cc1. The van der Waals surface area contributed by atoms with Gasteiger partial charge in [0, 0.05) is 22.5 Å². The number of nitrogens with zero attached hydrogens (tertiary/aromatic N) is 1. The molecule has 1 aliphatic heterocycles. The molecular weight excluding hydrogens is 510 g/mol. The monoisotopic (exact) mass is 531 g/mol. The summed E-state index contributed by atoms with van der Waals surface area (Å²) in [6.07, 6.45) is 0. The summed E-state index contributed by atoms with van der Waals surface area (Å²) in [5, 5.41) is 5.27. The Morgan fingerprint density at radius 3 is 2.13 bits per heavy atom. The minimum Gasteiger partial charge on any atom is -0.462 e. The molecule has 192 valence electrons. The average molecular weight is 532 g/mol. The predicted octanol–water partition coefficient (Wildman–Crippen LogP) is 4.75. The third-order valence-corrected chi connectivity index (χ3v) is 5.96. The molecule has 10 heteroatoms. The van der Waals surface area contributed by atoms with Crippen molar-refractivity contribution in [3.8, 4) is 0 Å². The van der Waals surface area contributed by atoms with Crippen LogP contribution in [0, 0.1) is 0 Å². The molecule has 3 aromatic rings. The maximum absolute atomic E-state index is 13.1. The summed E-state index contributed by atoms with van der Waals surface area (Å²) in [7, 11) is 0. The van der Waals surface area contributed by atoms with E-state index in [0.29, 0.717) is 16.9 Å². The first-order chi connectivity index (χ1) is 18.2. The van der Waals surface area contributed by atoms with Crippen LogP contribution in [0.1, 0.15) is 44.9 Å². The van der Waals surface area contributed by atoms with Crippen molar-refractivity contribution in [3.63, 3.8) is 0 Å². The summed E-state index contributed by atoms with van der Waals surface area (Å²) in [5.41, 5.74) is 2.03. The van der Waals surface area contributed by atoms with Crippen molar-refractivity contribution in [1.29, 1.82) is 0 Å². The lowest BCUT2D eigenvalue weighted by molar-refractivity contribution is -0.120. The van der Waals surface area contributed by atoms with Crippen LogP contribution in [0.3, 0.4) is 0 Å². The second kappa shape index (κ2) is 11.1. The highest BCUT2D eigenvalue weighted by molar-refractivity contribution is 6.53. The maximum atomic E-state index is 13.1. The molecule has 1 heterocycles. The molecule has 0 atom stereocenters. The highest BCUT2D eigenvalue weighted by Crippen LogP contribution is 2.30. The molecular formula is C28H22ClN3O6. The molecule has 0 aromatic heterocycles. The van der Waals surface area contributed by atoms with Crippen LogP contribution in [0.5, 0.6) is 0 Å². The fourth-order valence-corrected chi connectivity index (χ4v) is 3.89. The number of imide groups is 1. The van der Waals surface area contributed by atoms with E-state index in [9.17, 15) is 24.0 Å². The first-order valence-corrected chi connectivity index (χ1v) is 11.9. The summed E-state index contributed by atoms with van der Waals surface area (Å²) in [5.74, 6) is -2.44. The van der Waals surface area contributed by atoms with Gasteiger partial charge in [-0.15, -0.1) is 0 Å². The highest BCUT2D eigenvalue weighted by Gasteiger charge is 2.39. The van der Waals surface area contributed by atoms with Gasteiger partial charge in [0.2, 0.25) is 0 Å². The second-order valence-electron chi connectivity index (χ2n) is 8.20. The first kappa shape index (κ1) is 26.3. The number of benzene rings is 3. The Bertz CT molecular complexity index is 1480. The third-order valence-electron chi connectivity index (χ3n) is 5.61. The molecule has 9 nitrogen and oxygen atoms in total. The quantitative estimate of drug-likeness (QED) is 0.244. The van der Waals surface area contributed by atoms with Gasteiger partial charge in [0.15, 0.2) is 5.78 Å². The van der Waals surface area contributed by atoms with Crippen molar-refractivity contribution in [2.75, 3.05) is 22.1 Å². The number of esters is 1. The largest absolute Gasteiger partial charge is 0.462 e. The number of rotatable bonds is 8. The minimum absolute atomic E-state index is 0.0817. The molecule has 2 N–H and O–H groups in total. The lowest BCUT2D eigenvalue weighted by Crippen LogP contribution is -2.32. The molecule has 4 rings (SSSR count). The summed E-state index contributed by atoms with van der Waals surface area (Å²) >= 11 is 6.21. The van der Waals surface area contributed by atoms with E-state index in [2.05, 4.69) is 10.6 Å². The number of ether oxygens (including phenoxy) is 1. The predicted molar refractivity (Wildman–Crippen MR) is 142 cm³/mol. The smallest absolute Gasteiger partial charge is 0.338 e. The van der Waals surface area contributed by atoms with Crippen LogP contribution in [0.2, 0.25) is 0 Å². The van der Waals surface area contributed by atoms with Crippen LogP contribution >= 0.6 is 11.6 Å². The molecule has 0 spiro atoms. The third kappa shape index (κ3) is 5.47. The van der Waals surface area contributed by atoms with Crippen LogP contribution in [-0.2, 0) is 14.3 Å². The molecule has 0 fully saturated rings. The summed E-state index contributed by atoms with van der Waals surface area (Å²) in [6.45, 7) is 3.36. The van der Waals surface area contributed by atoms with Gasteiger partial charge < -0.3 is 15.4 Å². The zero-order chi connectivity index (χ0) is 27.4. The van der Waals surface area contributed by atoms with E-state index < -0.39 is 23.7 Å². The fourth-order valence-electron chi connectivity index (χ4n) is 3.68. The molecule has 0 saturated heterocycles. The molecule has 0 unspecified atom stereocenters. The Morgan fingerprint density at radius 1 is 0.842 bits per heavy atom. The second-order valence-corrected chi connectivity index (χ2v) is 8.57. The molecule has 3 aromatic carbocycles. The molecule has 0 saturated carbocycles. The first-order valence-electron chi connectivity index (χ1n) is 11.5. The number of halogens is 1. The van der Waals surface area contributed by atoms with Crippen LogP contribution in [0.15, 0.2) is 83.5 Å². The lowest BCUT2D eigenvalue weighted by Gasteiger charge is -2.15. The van der Waals surface area contributed by atoms with Crippen LogP contribution in [0.4, 0.5) is 17.1 Å². The van der Waals surface area contributed by atoms with Gasteiger partial charge in [0.25, 0.3) is 17.7 Å². The number of amides is 3. The average Bonchev–Trinajstić information content (AvgIpc) is 3.12. The highest BCUT2D eigenvalue weighted by atomic mass is 35.5. The maximum Gasteiger partial charge on any atom is 0.338 e. The van der Waals surface area contributed by atoms with Gasteiger partial charge in [-0.1, -0.05) is 17.7 Å². The molecule has 3 amide bonds. The number of anilines is 3. The van der Waals surface area contributed by atoms with E-state index in [1.54, 1.807) is 49.4 Å². The number of carbonyl (C=O) groups excluding carboxylic acids is 5. The number of carbonyl (C=O) groups is 5. The minimum atomic E-state index is -0.731. The molecule has 38 heavy (non-hydrogen) atoms. The van der Waals surface area contributed by atoms with E-state index in [0.717, 1.165) is 4.90 Å². The van der Waals surface area contributed by atoms with Crippen molar-refractivity contribution in [2.45, 2.75) is 13.8 Å². The van der Waals surface area contributed by atoms with E-state index >= 15 is 0 Å². The zero-order valence-electron chi connectivity index (χ0n) is 20.4. The normalized spacial score (nSPS) is 13.0. The molecule has 0 radical (unpaired) electrons. The Hall–Kier alpha value is -4.76. The van der Waals surface area contributed by atoms with Gasteiger partial charge in [0.05, 0.1) is 17.9 Å². The number of hydrogen-bond acceptors (Lipinski definition) is 7. The topological polar surface area (TPSA) is 122 Å². The number of hydrogen-bond donors (Lipinski definition) is 2. The van der Waals surface area contributed by atoms with Crippen molar-refractivity contribution in [1.82, 2.24) is 0 Å². The summed E-state index contributed by atoms with van der Waals surface area (Å²) < 4.78 is 4.94. The van der Waals surface area contributed by atoms with E-state index in [-0.39, 0.29) is 39.9 Å². The number of nitrogens with one attached hydrogen (secondary N) is 2. The lowest BCUT2D eigenvalue weighted by atomic mass is 10.1. The van der Waals surface area contributed by atoms with E-state index in [1.165, 1.54) is 37.3 Å². The van der Waals surface area contributed by atoms with Crippen molar-refractivity contribution in [3.05, 3.63) is 100 Å². The Morgan fingerprint density at radius 2 is 1.50 bits per heavy atom. The number of ketones is 1. The Labute approximate surface area is 223 Å². The van der Waals surface area contributed by atoms with Gasteiger partial charge in [-0.25, -0.2) is 9.69 Å². The fraction of sp³-hybridized carbons (Fsp3) is 0.107. The van der Waals surface area contributed by atoms with Crippen molar-refractivity contribution >= 4 is 58.1 Å². The summed E-state index contributed by atoms with van der Waals surface area (Å²) in [4.78, 5) is 62.8. The van der Waals surface area contributed by atoms with Gasteiger partial charge in [-0.2, -0.15) is 0 Å². The zero-order valence-corrected chi connectivity index (χ0v) is 21.2. The van der Waals surface area contributed by atoms with Gasteiger partial charge in [0.1, 0.15) is 10.7 Å². The van der Waals surface area contributed by atoms with E-state index in [1.807, 2.05) is 0 Å². The van der Waals surface area contributed by atoms with Crippen LogP contribution in [-0.4, -0.2) is 36.1 Å². The molecule has 0 aliphatic carbocycles. The van der Waals surface area contributed by atoms with Gasteiger partial charge in [-0.3, -0.25) is 19.2 Å². The van der Waals surface area contributed by atoms with Crippen molar-refractivity contribution < 1.29 is 28.7 Å². The van der Waals surface area contributed by atoms with Crippen LogP contribution < -0.4 is 15.5 Å². The number of Topliss-reactive ketones (excluding diaryl/α,β-unsaturated/α-hetero) is 1. The molecule has 0 bridgehead atoms. The van der Waals surface area contributed by atoms with Crippen LogP contribution in [0.25, 0.3) is 0 Å². The summed E-state index contributed by atoms with van der Waals surface area (Å²) in [6, 6.07) is 18.6. The standard InChI is InChI=1S/C28H22ClN3O6/c1-3-38-28(37)18-9-13-22(14-10-18)32-26(35)23(29)24(27(32)36)30-21-6-4-5-19(15-21)25(34)31-20-11-7-17(8-12-20)16(2)33/h4-15,30H,3H2,1-2H3,(H,31,34). The van der Waals surface area contributed by atoms with Gasteiger partial charge >= 0.3 is 5.97 Å².